The van der Waals surface area contributed by atoms with Crippen LogP contribution in [0.3, 0.4) is 0 Å². The van der Waals surface area contributed by atoms with Gasteiger partial charge in [-0.1, -0.05) is 40.2 Å². The largest absolute Gasteiger partial charge is 0.507 e. The minimum atomic E-state index is -1.82. The molecule has 3 heterocycles. The summed E-state index contributed by atoms with van der Waals surface area (Å²) in [5.41, 5.74) is -0.492. The Bertz CT molecular complexity index is 1200. The van der Waals surface area contributed by atoms with Crippen molar-refractivity contribution in [1.82, 2.24) is 0 Å². The van der Waals surface area contributed by atoms with Gasteiger partial charge in [0.05, 0.1) is 29.8 Å². The van der Waals surface area contributed by atoms with Crippen molar-refractivity contribution in [3.05, 3.63) is 76.0 Å². The molecule has 2 aromatic rings. The Morgan fingerprint density at radius 3 is 2.55 bits per heavy atom. The zero-order valence-corrected chi connectivity index (χ0v) is 17.8. The second-order valence-electron chi connectivity index (χ2n) is 7.50. The van der Waals surface area contributed by atoms with Gasteiger partial charge >= 0.3 is 5.91 Å². The summed E-state index contributed by atoms with van der Waals surface area (Å²) in [5.74, 6) is -2.78. The lowest BCUT2D eigenvalue weighted by atomic mass is 9.76. The van der Waals surface area contributed by atoms with Gasteiger partial charge in [-0.05, 0) is 37.1 Å². The fourth-order valence-corrected chi connectivity index (χ4v) is 4.71. The molecule has 1 unspecified atom stereocenters. The van der Waals surface area contributed by atoms with E-state index in [1.165, 1.54) is 11.2 Å². The molecule has 0 radical (unpaired) electrons. The molecule has 0 saturated carbocycles. The minimum absolute atomic E-state index is 0.261. The zero-order valence-electron chi connectivity index (χ0n) is 16.2. The molecule has 3 aliphatic rings. The molecule has 1 atom stereocenters. The third-order valence-corrected chi connectivity index (χ3v) is 6.33. The maximum atomic E-state index is 13.6. The molecule has 0 bridgehead atoms. The number of ketones is 1. The van der Waals surface area contributed by atoms with Crippen LogP contribution in [-0.4, -0.2) is 34.8 Å². The number of amides is 2. The number of carbonyl (C=O) groups is 3. The molecule has 0 spiro atoms. The Labute approximate surface area is 186 Å². The highest BCUT2D eigenvalue weighted by atomic mass is 79.9. The van der Waals surface area contributed by atoms with Crippen LogP contribution in [0.1, 0.15) is 18.4 Å². The number of hydrogen-bond acceptors (Lipinski definition) is 5. The molecule has 31 heavy (non-hydrogen) atoms. The van der Waals surface area contributed by atoms with Crippen molar-refractivity contribution >= 4 is 50.7 Å². The number of anilines is 2. The van der Waals surface area contributed by atoms with Gasteiger partial charge in [0.2, 0.25) is 0 Å². The van der Waals surface area contributed by atoms with Crippen molar-refractivity contribution in [2.24, 2.45) is 0 Å². The highest BCUT2D eigenvalue weighted by Crippen LogP contribution is 2.51. The highest BCUT2D eigenvalue weighted by molar-refractivity contribution is 9.10. The van der Waals surface area contributed by atoms with E-state index in [4.69, 9.17) is 4.74 Å². The summed E-state index contributed by atoms with van der Waals surface area (Å²) in [7, 11) is 0. The summed E-state index contributed by atoms with van der Waals surface area (Å²) in [6.07, 6.45) is 2.49. The van der Waals surface area contributed by atoms with Gasteiger partial charge in [0.25, 0.3) is 11.7 Å². The lowest BCUT2D eigenvalue weighted by molar-refractivity contribution is -0.132. The lowest BCUT2D eigenvalue weighted by Crippen LogP contribution is -2.60. The lowest BCUT2D eigenvalue weighted by Gasteiger charge is -2.43. The van der Waals surface area contributed by atoms with E-state index >= 15 is 0 Å². The van der Waals surface area contributed by atoms with E-state index in [0.29, 0.717) is 42.0 Å². The summed E-state index contributed by atoms with van der Waals surface area (Å²) >= 11 is 3.34. The Balaban J connectivity index is 1.85. The summed E-state index contributed by atoms with van der Waals surface area (Å²) in [5, 5.41) is 14.0. The smallest absolute Gasteiger partial charge is 0.300 e. The predicted octanol–water partition coefficient (Wildman–Crippen LogP) is 3.72. The van der Waals surface area contributed by atoms with Crippen LogP contribution in [0.15, 0.2) is 70.4 Å². The van der Waals surface area contributed by atoms with Gasteiger partial charge in [-0.25, -0.2) is 0 Å². The van der Waals surface area contributed by atoms with Crippen LogP contribution in [0.25, 0.3) is 5.76 Å². The average Bonchev–Trinajstić information content (AvgIpc) is 3.03. The number of para-hydroxylation sites is 2. The van der Waals surface area contributed by atoms with Crippen LogP contribution in [0.2, 0.25) is 0 Å². The number of aliphatic hydroxyl groups is 1. The van der Waals surface area contributed by atoms with Gasteiger partial charge in [-0.15, -0.1) is 0 Å². The molecule has 7 nitrogen and oxygen atoms in total. The van der Waals surface area contributed by atoms with Gasteiger partial charge < -0.3 is 15.2 Å². The highest BCUT2D eigenvalue weighted by Gasteiger charge is 2.66. The SMILES string of the molecule is O=C1C(=O)N2c3ccccc3NC(=O)C2(C2=COCCC2)/C1=C(\O)c1ccc(Br)cc1. The molecule has 1 saturated heterocycles. The number of fused-ring (bicyclic) bond motifs is 3. The minimum Gasteiger partial charge on any atom is -0.507 e. The van der Waals surface area contributed by atoms with Crippen LogP contribution in [0.4, 0.5) is 11.4 Å². The standard InChI is InChI=1S/C23H17BrN2O5/c24-15-9-7-13(8-10-15)19(27)18-20(28)21(29)26-17-6-2-1-5-16(17)25-22(30)23(18,26)14-4-3-11-31-12-14/h1-2,5-10,12,27H,3-4,11H2,(H,25,30)/b19-18-. The van der Waals surface area contributed by atoms with Crippen molar-refractivity contribution in [1.29, 1.82) is 0 Å². The van der Waals surface area contributed by atoms with Crippen LogP contribution in [0.5, 0.6) is 0 Å². The number of carbonyl (C=O) groups excluding carboxylic acids is 3. The van der Waals surface area contributed by atoms with E-state index in [0.717, 1.165) is 4.47 Å². The third kappa shape index (κ3) is 2.68. The second-order valence-corrected chi connectivity index (χ2v) is 8.41. The molecule has 156 valence electrons. The normalized spacial score (nSPS) is 24.1. The molecule has 8 heteroatoms. The van der Waals surface area contributed by atoms with Crippen LogP contribution >= 0.6 is 15.9 Å². The van der Waals surface area contributed by atoms with Crippen LogP contribution in [-0.2, 0) is 19.1 Å². The first-order chi connectivity index (χ1) is 15.0. The van der Waals surface area contributed by atoms with Gasteiger partial charge in [0, 0.05) is 15.6 Å². The number of nitrogens with one attached hydrogen (secondary N) is 1. The van der Waals surface area contributed by atoms with E-state index in [1.807, 2.05) is 0 Å². The van der Waals surface area contributed by atoms with Crippen molar-refractivity contribution in [3.63, 3.8) is 0 Å². The number of Topliss-reactive ketones (excluding diaryl/α,β-unsaturated/α-hetero) is 1. The molecular weight excluding hydrogens is 464 g/mol. The number of aliphatic hydroxyl groups excluding tert-OH is 1. The summed E-state index contributed by atoms with van der Waals surface area (Å²) in [6.45, 7) is 0.470. The van der Waals surface area contributed by atoms with Gasteiger partial charge in [0.15, 0.2) is 5.54 Å². The summed E-state index contributed by atoms with van der Waals surface area (Å²) in [4.78, 5) is 41.4. The zero-order chi connectivity index (χ0) is 21.8. The van der Waals surface area contributed by atoms with Crippen LogP contribution in [0, 0.1) is 0 Å². The van der Waals surface area contributed by atoms with E-state index < -0.39 is 28.9 Å². The Kier molecular flexibility index (Phi) is 4.48. The molecule has 5 rings (SSSR count). The molecule has 1 fully saturated rings. The number of benzene rings is 2. The van der Waals surface area contributed by atoms with Crippen molar-refractivity contribution in [3.8, 4) is 0 Å². The third-order valence-electron chi connectivity index (χ3n) is 5.80. The summed E-state index contributed by atoms with van der Waals surface area (Å²) in [6, 6.07) is 13.4. The first kappa shape index (κ1) is 19.6. The molecule has 2 N–H and O–H groups in total. The molecule has 0 aromatic heterocycles. The van der Waals surface area contributed by atoms with Gasteiger partial charge in [-0.2, -0.15) is 0 Å². The Hall–Kier alpha value is -3.39. The first-order valence-corrected chi connectivity index (χ1v) is 10.6. The molecular formula is C23H17BrN2O5. The van der Waals surface area contributed by atoms with E-state index in [-0.39, 0.29) is 5.57 Å². The van der Waals surface area contributed by atoms with Crippen molar-refractivity contribution in [2.45, 2.75) is 18.4 Å². The number of rotatable bonds is 2. The topological polar surface area (TPSA) is 95.9 Å². The maximum Gasteiger partial charge on any atom is 0.300 e. The van der Waals surface area contributed by atoms with Crippen LogP contribution < -0.4 is 10.2 Å². The molecule has 2 amide bonds. The number of halogens is 1. The molecule has 2 aromatic carbocycles. The number of ether oxygens (including phenoxy) is 1. The fraction of sp³-hybridized carbons (Fsp3) is 0.174. The van der Waals surface area contributed by atoms with Crippen molar-refractivity contribution < 1.29 is 24.2 Å². The maximum absolute atomic E-state index is 13.6. The summed E-state index contributed by atoms with van der Waals surface area (Å²) < 4.78 is 6.28. The number of nitrogens with zero attached hydrogens (tertiary/aromatic N) is 1. The Morgan fingerprint density at radius 1 is 1.10 bits per heavy atom. The fourth-order valence-electron chi connectivity index (χ4n) is 4.44. The van der Waals surface area contributed by atoms with Crippen molar-refractivity contribution in [2.75, 3.05) is 16.8 Å². The van der Waals surface area contributed by atoms with E-state index in [2.05, 4.69) is 21.2 Å². The van der Waals surface area contributed by atoms with E-state index in [9.17, 15) is 19.5 Å². The number of hydrogen-bond donors (Lipinski definition) is 2. The predicted molar refractivity (Wildman–Crippen MR) is 117 cm³/mol. The van der Waals surface area contributed by atoms with Gasteiger partial charge in [-0.3, -0.25) is 19.3 Å². The molecule has 3 aliphatic heterocycles. The Morgan fingerprint density at radius 2 is 1.84 bits per heavy atom. The first-order valence-electron chi connectivity index (χ1n) is 9.76. The van der Waals surface area contributed by atoms with Gasteiger partial charge in [0.1, 0.15) is 5.76 Å². The van der Waals surface area contributed by atoms with E-state index in [1.54, 1.807) is 48.5 Å². The second kappa shape index (κ2) is 7.09. The average molecular weight is 481 g/mol. The monoisotopic (exact) mass is 480 g/mol. The molecule has 0 aliphatic carbocycles. The quantitative estimate of drug-likeness (QED) is 0.388.